The Labute approximate surface area is 142 Å². The number of benzene rings is 2. The Bertz CT molecular complexity index is 740. The van der Waals surface area contributed by atoms with Crippen molar-refractivity contribution in [3.8, 4) is 5.75 Å². The SMILES string of the molecule is Cc1cc(C)c(C)c(O[C@@H](C)C(=O)Nc2cc(Cl)ccc2C)c1. The van der Waals surface area contributed by atoms with Crippen molar-refractivity contribution in [1.82, 2.24) is 0 Å². The second-order valence-corrected chi connectivity index (χ2v) is 6.35. The zero-order valence-electron chi connectivity index (χ0n) is 14.2. The Hall–Kier alpha value is -2.00. The molecule has 0 bridgehead atoms. The molecule has 122 valence electrons. The van der Waals surface area contributed by atoms with Crippen molar-refractivity contribution in [3.63, 3.8) is 0 Å². The minimum atomic E-state index is -0.603. The molecule has 2 rings (SSSR count). The molecule has 0 saturated heterocycles. The fourth-order valence-electron chi connectivity index (χ4n) is 2.33. The highest BCUT2D eigenvalue weighted by Gasteiger charge is 2.17. The molecule has 0 aliphatic rings. The lowest BCUT2D eigenvalue weighted by molar-refractivity contribution is -0.122. The van der Waals surface area contributed by atoms with E-state index in [1.165, 1.54) is 0 Å². The van der Waals surface area contributed by atoms with Crippen LogP contribution in [0, 0.1) is 27.7 Å². The minimum absolute atomic E-state index is 0.200. The molecule has 2 aromatic carbocycles. The maximum absolute atomic E-state index is 12.4. The van der Waals surface area contributed by atoms with Gasteiger partial charge in [0.15, 0.2) is 6.10 Å². The molecule has 23 heavy (non-hydrogen) atoms. The first kappa shape index (κ1) is 17.4. The Morgan fingerprint density at radius 3 is 2.48 bits per heavy atom. The van der Waals surface area contributed by atoms with Crippen LogP contribution < -0.4 is 10.1 Å². The molecule has 0 saturated carbocycles. The quantitative estimate of drug-likeness (QED) is 0.858. The van der Waals surface area contributed by atoms with E-state index in [2.05, 4.69) is 11.4 Å². The smallest absolute Gasteiger partial charge is 0.265 e. The number of ether oxygens (including phenoxy) is 1. The van der Waals surface area contributed by atoms with Gasteiger partial charge in [0.2, 0.25) is 0 Å². The van der Waals surface area contributed by atoms with Crippen LogP contribution in [-0.2, 0) is 4.79 Å². The van der Waals surface area contributed by atoms with Crippen molar-refractivity contribution in [2.45, 2.75) is 40.7 Å². The number of aryl methyl sites for hydroxylation is 3. The van der Waals surface area contributed by atoms with Crippen molar-refractivity contribution in [2.75, 3.05) is 5.32 Å². The van der Waals surface area contributed by atoms with Crippen LogP contribution in [-0.4, -0.2) is 12.0 Å². The van der Waals surface area contributed by atoms with E-state index < -0.39 is 6.10 Å². The number of hydrogen-bond donors (Lipinski definition) is 1. The summed E-state index contributed by atoms with van der Waals surface area (Å²) >= 11 is 5.98. The van der Waals surface area contributed by atoms with Gasteiger partial charge < -0.3 is 10.1 Å². The number of amides is 1. The number of hydrogen-bond acceptors (Lipinski definition) is 2. The van der Waals surface area contributed by atoms with E-state index >= 15 is 0 Å². The van der Waals surface area contributed by atoms with Crippen molar-refractivity contribution in [2.24, 2.45) is 0 Å². The molecule has 1 atom stereocenters. The van der Waals surface area contributed by atoms with Crippen molar-refractivity contribution in [1.29, 1.82) is 0 Å². The van der Waals surface area contributed by atoms with Gasteiger partial charge in [-0.1, -0.05) is 23.7 Å². The van der Waals surface area contributed by atoms with Crippen molar-refractivity contribution < 1.29 is 9.53 Å². The third-order valence-electron chi connectivity index (χ3n) is 3.89. The molecule has 0 radical (unpaired) electrons. The number of nitrogens with one attached hydrogen (secondary N) is 1. The summed E-state index contributed by atoms with van der Waals surface area (Å²) in [5, 5.41) is 3.46. The Morgan fingerprint density at radius 2 is 1.78 bits per heavy atom. The first-order valence-electron chi connectivity index (χ1n) is 7.59. The van der Waals surface area contributed by atoms with Crippen LogP contribution in [0.4, 0.5) is 5.69 Å². The maximum Gasteiger partial charge on any atom is 0.265 e. The summed E-state index contributed by atoms with van der Waals surface area (Å²) in [5.74, 6) is 0.543. The third-order valence-corrected chi connectivity index (χ3v) is 4.13. The summed E-state index contributed by atoms with van der Waals surface area (Å²) in [6.07, 6.45) is -0.603. The summed E-state index contributed by atoms with van der Waals surface area (Å²) in [6, 6.07) is 9.46. The van der Waals surface area contributed by atoms with E-state index in [1.54, 1.807) is 19.1 Å². The molecule has 0 aliphatic heterocycles. The number of halogens is 1. The van der Waals surface area contributed by atoms with Crippen LogP contribution in [0.2, 0.25) is 5.02 Å². The average Bonchev–Trinajstić information content (AvgIpc) is 2.47. The molecule has 0 spiro atoms. The zero-order chi connectivity index (χ0) is 17.1. The van der Waals surface area contributed by atoms with Crippen LogP contribution in [0.5, 0.6) is 5.75 Å². The van der Waals surface area contributed by atoms with E-state index in [9.17, 15) is 4.79 Å². The van der Waals surface area contributed by atoms with E-state index in [4.69, 9.17) is 16.3 Å². The molecular weight excluding hydrogens is 310 g/mol. The first-order valence-corrected chi connectivity index (χ1v) is 7.97. The molecule has 0 heterocycles. The van der Waals surface area contributed by atoms with Crippen LogP contribution in [0.15, 0.2) is 30.3 Å². The lowest BCUT2D eigenvalue weighted by Gasteiger charge is -2.18. The topological polar surface area (TPSA) is 38.3 Å². The highest BCUT2D eigenvalue weighted by atomic mass is 35.5. The number of carbonyl (C=O) groups excluding carboxylic acids is 1. The third kappa shape index (κ3) is 4.26. The largest absolute Gasteiger partial charge is 0.481 e. The molecule has 0 fully saturated rings. The summed E-state index contributed by atoms with van der Waals surface area (Å²) < 4.78 is 5.87. The molecule has 1 amide bonds. The summed E-state index contributed by atoms with van der Waals surface area (Å²) in [4.78, 5) is 12.4. The molecule has 2 aromatic rings. The van der Waals surface area contributed by atoms with Crippen LogP contribution in [0.3, 0.4) is 0 Å². The molecule has 4 heteroatoms. The molecule has 0 unspecified atom stereocenters. The molecule has 3 nitrogen and oxygen atoms in total. The van der Waals surface area contributed by atoms with Gasteiger partial charge in [0.05, 0.1) is 0 Å². The second-order valence-electron chi connectivity index (χ2n) is 5.91. The Balaban J connectivity index is 2.13. The van der Waals surface area contributed by atoms with Crippen molar-refractivity contribution >= 4 is 23.2 Å². The summed E-state index contributed by atoms with van der Waals surface area (Å²) in [7, 11) is 0. The van der Waals surface area contributed by atoms with E-state index in [-0.39, 0.29) is 5.91 Å². The van der Waals surface area contributed by atoms with Crippen LogP contribution >= 0.6 is 11.6 Å². The van der Waals surface area contributed by atoms with Crippen molar-refractivity contribution in [3.05, 3.63) is 57.6 Å². The lowest BCUT2D eigenvalue weighted by Crippen LogP contribution is -2.30. The monoisotopic (exact) mass is 331 g/mol. The lowest BCUT2D eigenvalue weighted by atomic mass is 10.1. The number of anilines is 1. The predicted molar refractivity (Wildman–Crippen MR) is 95.6 cm³/mol. The van der Waals surface area contributed by atoms with Gasteiger partial charge in [0, 0.05) is 10.7 Å². The van der Waals surface area contributed by atoms with Gasteiger partial charge in [-0.25, -0.2) is 0 Å². The molecule has 1 N–H and O–H groups in total. The Morgan fingerprint density at radius 1 is 1.09 bits per heavy atom. The van der Waals surface area contributed by atoms with Gasteiger partial charge in [-0.2, -0.15) is 0 Å². The van der Waals surface area contributed by atoms with E-state index in [0.29, 0.717) is 10.7 Å². The Kier molecular flexibility index (Phi) is 5.32. The number of rotatable bonds is 4. The highest BCUT2D eigenvalue weighted by molar-refractivity contribution is 6.31. The predicted octanol–water partition coefficient (Wildman–Crippen LogP) is 4.98. The van der Waals surface area contributed by atoms with Gasteiger partial charge in [-0.15, -0.1) is 0 Å². The normalized spacial score (nSPS) is 11.9. The number of carbonyl (C=O) groups is 1. The van der Waals surface area contributed by atoms with Gasteiger partial charge in [-0.05, 0) is 75.1 Å². The molecule has 0 aliphatic carbocycles. The van der Waals surface area contributed by atoms with Crippen LogP contribution in [0.1, 0.15) is 29.2 Å². The average molecular weight is 332 g/mol. The fourth-order valence-corrected chi connectivity index (χ4v) is 2.50. The summed E-state index contributed by atoms with van der Waals surface area (Å²) in [5.41, 5.74) is 4.97. The highest BCUT2D eigenvalue weighted by Crippen LogP contribution is 2.25. The standard InChI is InChI=1S/C19H22ClNO2/c1-11-8-13(3)14(4)18(9-11)23-15(5)19(22)21-17-10-16(20)7-6-12(17)2/h6-10,15H,1-5H3,(H,21,22)/t15-/m0/s1. The zero-order valence-corrected chi connectivity index (χ0v) is 14.9. The second kappa shape index (κ2) is 7.05. The summed E-state index contributed by atoms with van der Waals surface area (Å²) in [6.45, 7) is 9.71. The first-order chi connectivity index (χ1) is 10.8. The minimum Gasteiger partial charge on any atom is -0.481 e. The fraction of sp³-hybridized carbons (Fsp3) is 0.316. The maximum atomic E-state index is 12.4. The van der Waals surface area contributed by atoms with E-state index in [1.807, 2.05) is 39.8 Å². The van der Waals surface area contributed by atoms with Gasteiger partial charge in [0.1, 0.15) is 5.75 Å². The van der Waals surface area contributed by atoms with Gasteiger partial charge in [-0.3, -0.25) is 4.79 Å². The van der Waals surface area contributed by atoms with E-state index in [0.717, 1.165) is 28.0 Å². The van der Waals surface area contributed by atoms with Gasteiger partial charge >= 0.3 is 0 Å². The molecular formula is C19H22ClNO2. The molecule has 0 aromatic heterocycles. The van der Waals surface area contributed by atoms with Crippen LogP contribution in [0.25, 0.3) is 0 Å². The van der Waals surface area contributed by atoms with Gasteiger partial charge in [0.25, 0.3) is 5.91 Å².